The summed E-state index contributed by atoms with van der Waals surface area (Å²) in [6.07, 6.45) is 3.92. The second-order valence-corrected chi connectivity index (χ2v) is 8.16. The summed E-state index contributed by atoms with van der Waals surface area (Å²) in [5.41, 5.74) is 1.27. The fourth-order valence-electron chi connectivity index (χ4n) is 3.87. The minimum atomic E-state index is -0.694. The molecule has 3 N–H and O–H groups in total. The maximum Gasteiger partial charge on any atom is 0.319 e. The van der Waals surface area contributed by atoms with Gasteiger partial charge in [-0.3, -0.25) is 4.79 Å². The van der Waals surface area contributed by atoms with E-state index >= 15 is 0 Å². The first-order valence-corrected chi connectivity index (χ1v) is 10.4. The second-order valence-electron chi connectivity index (χ2n) is 8.16. The molecule has 3 amide bonds. The van der Waals surface area contributed by atoms with E-state index in [1.165, 1.54) is 0 Å². The van der Waals surface area contributed by atoms with E-state index in [1.54, 1.807) is 24.3 Å². The molecule has 0 unspecified atom stereocenters. The van der Waals surface area contributed by atoms with E-state index < -0.39 is 17.9 Å². The third-order valence-corrected chi connectivity index (χ3v) is 5.44. The van der Waals surface area contributed by atoms with Gasteiger partial charge in [0.15, 0.2) is 11.5 Å². The highest BCUT2D eigenvalue weighted by Crippen LogP contribution is 2.47. The van der Waals surface area contributed by atoms with Gasteiger partial charge in [-0.25, -0.2) is 4.79 Å². The number of anilines is 2. The minimum Gasteiger partial charge on any atom is -0.448 e. The van der Waals surface area contributed by atoms with Crippen LogP contribution in [0.5, 0.6) is 11.5 Å². The normalized spacial score (nSPS) is 17.0. The highest BCUT2D eigenvalue weighted by Gasteiger charge is 2.44. The Hall–Kier alpha value is -3.22. The van der Waals surface area contributed by atoms with Crippen LogP contribution in [-0.4, -0.2) is 23.8 Å². The van der Waals surface area contributed by atoms with Crippen molar-refractivity contribution in [2.24, 2.45) is 5.92 Å². The molecule has 1 saturated carbocycles. The van der Waals surface area contributed by atoms with E-state index in [9.17, 15) is 9.59 Å². The van der Waals surface area contributed by atoms with Gasteiger partial charge in [-0.1, -0.05) is 32.0 Å². The summed E-state index contributed by atoms with van der Waals surface area (Å²) in [6, 6.07) is 13.4. The Morgan fingerprint density at radius 3 is 2.30 bits per heavy atom. The van der Waals surface area contributed by atoms with Gasteiger partial charge in [0.2, 0.25) is 5.91 Å². The molecule has 1 atom stereocenters. The average molecular weight is 409 g/mol. The van der Waals surface area contributed by atoms with Gasteiger partial charge in [0, 0.05) is 30.3 Å². The molecule has 1 aliphatic heterocycles. The number of nitrogens with one attached hydrogen (secondary N) is 3. The molecule has 7 nitrogen and oxygen atoms in total. The molecule has 0 radical (unpaired) electrons. The highest BCUT2D eigenvalue weighted by atomic mass is 16.7. The monoisotopic (exact) mass is 409 g/mol. The molecule has 0 saturated heterocycles. The smallest absolute Gasteiger partial charge is 0.319 e. The number of fused-ring (bicyclic) bond motifs is 1. The molecule has 7 heteroatoms. The van der Waals surface area contributed by atoms with E-state index in [0.29, 0.717) is 22.9 Å². The van der Waals surface area contributed by atoms with Crippen LogP contribution < -0.4 is 25.4 Å². The molecule has 2 aromatic rings. The van der Waals surface area contributed by atoms with Crippen molar-refractivity contribution in [1.29, 1.82) is 0 Å². The summed E-state index contributed by atoms with van der Waals surface area (Å²) in [7, 11) is 0. The van der Waals surface area contributed by atoms with E-state index in [0.717, 1.165) is 25.7 Å². The number of para-hydroxylation sites is 1. The molecule has 0 bridgehead atoms. The van der Waals surface area contributed by atoms with Gasteiger partial charge in [0.1, 0.15) is 6.04 Å². The first-order valence-electron chi connectivity index (χ1n) is 10.4. The first-order chi connectivity index (χ1) is 14.4. The maximum absolute atomic E-state index is 12.9. The molecule has 1 fully saturated rings. The number of carbonyl (C=O) groups excluding carboxylic acids is 2. The van der Waals surface area contributed by atoms with Crippen molar-refractivity contribution < 1.29 is 19.1 Å². The zero-order chi connectivity index (χ0) is 21.1. The number of amides is 3. The molecule has 1 spiro atoms. The van der Waals surface area contributed by atoms with Crippen LogP contribution in [0.4, 0.5) is 16.2 Å². The van der Waals surface area contributed by atoms with Gasteiger partial charge in [0.05, 0.1) is 0 Å². The van der Waals surface area contributed by atoms with Crippen molar-refractivity contribution in [1.82, 2.24) is 5.32 Å². The zero-order valence-electron chi connectivity index (χ0n) is 17.2. The van der Waals surface area contributed by atoms with Crippen molar-refractivity contribution in [3.63, 3.8) is 0 Å². The standard InChI is InChI=1S/C23H27N3O4/c1-15(2)20(26-22(28)25-16-8-4-3-5-9-16)21(27)24-17-10-11-18-19(14-17)30-23(29-18)12-6-7-13-23/h3-5,8-11,14-15,20H,6-7,12-13H2,1-2H3,(H,24,27)(H2,25,26,28)/t20-/m1/s1. The highest BCUT2D eigenvalue weighted by molar-refractivity contribution is 5.99. The molecule has 4 rings (SSSR count). The lowest BCUT2D eigenvalue weighted by atomic mass is 10.0. The van der Waals surface area contributed by atoms with Crippen molar-refractivity contribution in [2.45, 2.75) is 51.4 Å². The van der Waals surface area contributed by atoms with Crippen LogP contribution in [0.15, 0.2) is 48.5 Å². The number of hydrogen-bond acceptors (Lipinski definition) is 4. The fraction of sp³-hybridized carbons (Fsp3) is 0.391. The number of rotatable bonds is 5. The minimum absolute atomic E-state index is 0.0951. The lowest BCUT2D eigenvalue weighted by Crippen LogP contribution is -2.48. The number of benzene rings is 2. The summed E-state index contributed by atoms with van der Waals surface area (Å²) in [5.74, 6) is 0.425. The zero-order valence-corrected chi connectivity index (χ0v) is 17.2. The van der Waals surface area contributed by atoms with Crippen LogP contribution >= 0.6 is 0 Å². The summed E-state index contributed by atoms with van der Waals surface area (Å²) < 4.78 is 12.1. The molecule has 2 aromatic carbocycles. The summed E-state index contributed by atoms with van der Waals surface area (Å²) in [4.78, 5) is 25.2. The van der Waals surface area contributed by atoms with Gasteiger partial charge in [-0.15, -0.1) is 0 Å². The summed E-state index contributed by atoms with van der Waals surface area (Å²) >= 11 is 0. The maximum atomic E-state index is 12.9. The Bertz CT molecular complexity index is 923. The summed E-state index contributed by atoms with van der Waals surface area (Å²) in [6.45, 7) is 3.77. The van der Waals surface area contributed by atoms with E-state index in [1.807, 2.05) is 38.1 Å². The van der Waals surface area contributed by atoms with E-state index in [4.69, 9.17) is 9.47 Å². The Balaban J connectivity index is 1.40. The molecule has 30 heavy (non-hydrogen) atoms. The van der Waals surface area contributed by atoms with Crippen molar-refractivity contribution in [3.05, 3.63) is 48.5 Å². The van der Waals surface area contributed by atoms with Gasteiger partial charge in [0.25, 0.3) is 5.79 Å². The molecular weight excluding hydrogens is 382 g/mol. The van der Waals surface area contributed by atoms with Crippen LogP contribution in [0.2, 0.25) is 0 Å². The predicted octanol–water partition coefficient (Wildman–Crippen LogP) is 4.51. The van der Waals surface area contributed by atoms with E-state index in [-0.39, 0.29) is 11.8 Å². The summed E-state index contributed by atoms with van der Waals surface area (Å²) in [5, 5.41) is 8.38. The van der Waals surface area contributed by atoms with Crippen molar-refractivity contribution in [2.75, 3.05) is 10.6 Å². The van der Waals surface area contributed by atoms with Crippen molar-refractivity contribution >= 4 is 23.3 Å². The quantitative estimate of drug-likeness (QED) is 0.678. The molecule has 2 aliphatic rings. The van der Waals surface area contributed by atoms with Crippen LogP contribution in [0, 0.1) is 5.92 Å². The van der Waals surface area contributed by atoms with Gasteiger partial charge in [-0.2, -0.15) is 0 Å². The van der Waals surface area contributed by atoms with Crippen LogP contribution in [0.1, 0.15) is 39.5 Å². The third kappa shape index (κ3) is 4.35. The average Bonchev–Trinajstić information content (AvgIpc) is 3.32. The fourth-order valence-corrected chi connectivity index (χ4v) is 3.87. The molecule has 1 heterocycles. The largest absolute Gasteiger partial charge is 0.448 e. The van der Waals surface area contributed by atoms with Gasteiger partial charge in [-0.05, 0) is 43.0 Å². The van der Waals surface area contributed by atoms with Crippen LogP contribution in [-0.2, 0) is 4.79 Å². The third-order valence-electron chi connectivity index (χ3n) is 5.44. The number of ether oxygens (including phenoxy) is 2. The van der Waals surface area contributed by atoms with Crippen LogP contribution in [0.25, 0.3) is 0 Å². The first kappa shape index (κ1) is 20.1. The number of carbonyl (C=O) groups is 2. The molecule has 1 aliphatic carbocycles. The second kappa shape index (κ2) is 8.26. The number of urea groups is 1. The molecule has 0 aromatic heterocycles. The van der Waals surface area contributed by atoms with Crippen molar-refractivity contribution in [3.8, 4) is 11.5 Å². The SMILES string of the molecule is CC(C)[C@@H](NC(=O)Nc1ccccc1)C(=O)Nc1ccc2c(c1)OC1(CCCC1)O2. The Morgan fingerprint density at radius 2 is 1.60 bits per heavy atom. The Kier molecular flexibility index (Phi) is 5.53. The molecular formula is C23H27N3O4. The number of hydrogen-bond donors (Lipinski definition) is 3. The predicted molar refractivity (Wildman–Crippen MR) is 115 cm³/mol. The Morgan fingerprint density at radius 1 is 0.900 bits per heavy atom. The molecule has 158 valence electrons. The van der Waals surface area contributed by atoms with Gasteiger partial charge >= 0.3 is 6.03 Å². The Labute approximate surface area is 176 Å². The van der Waals surface area contributed by atoms with E-state index in [2.05, 4.69) is 16.0 Å². The topological polar surface area (TPSA) is 88.7 Å². The van der Waals surface area contributed by atoms with Gasteiger partial charge < -0.3 is 25.4 Å². The lowest BCUT2D eigenvalue weighted by molar-refractivity contribution is -0.118. The lowest BCUT2D eigenvalue weighted by Gasteiger charge is -2.22. The van der Waals surface area contributed by atoms with Crippen LogP contribution in [0.3, 0.4) is 0 Å².